The van der Waals surface area contributed by atoms with Crippen LogP contribution in [-0.4, -0.2) is 54.0 Å². The first kappa shape index (κ1) is 29.1. The van der Waals surface area contributed by atoms with Gasteiger partial charge in [0.2, 0.25) is 5.91 Å². The lowest BCUT2D eigenvalue weighted by Crippen LogP contribution is -2.48. The van der Waals surface area contributed by atoms with E-state index in [0.717, 1.165) is 16.9 Å². The predicted octanol–water partition coefficient (Wildman–Crippen LogP) is 5.18. The quantitative estimate of drug-likeness (QED) is 0.366. The summed E-state index contributed by atoms with van der Waals surface area (Å²) < 4.78 is 16.8. The number of nitrogens with zero attached hydrogens (tertiary/aromatic N) is 1. The van der Waals surface area contributed by atoms with Crippen molar-refractivity contribution in [3.63, 3.8) is 0 Å². The first-order valence-corrected chi connectivity index (χ1v) is 13.0. The molecular weight excluding hydrogens is 482 g/mol. The minimum absolute atomic E-state index is 0.0687. The van der Waals surface area contributed by atoms with Crippen LogP contribution in [0.3, 0.4) is 0 Å². The van der Waals surface area contributed by atoms with Crippen LogP contribution < -0.4 is 4.74 Å². The van der Waals surface area contributed by atoms with Gasteiger partial charge in [0.25, 0.3) is 0 Å². The third kappa shape index (κ3) is 7.33. The summed E-state index contributed by atoms with van der Waals surface area (Å²) in [5.74, 6) is -1.01. The maximum absolute atomic E-state index is 13.5. The number of carbonyl (C=O) groups excluding carboxylic acids is 2. The van der Waals surface area contributed by atoms with Gasteiger partial charge in [-0.15, -0.1) is 0 Å². The van der Waals surface area contributed by atoms with Crippen LogP contribution in [0.25, 0.3) is 0 Å². The summed E-state index contributed by atoms with van der Waals surface area (Å²) in [6, 6.07) is 16.8. The summed E-state index contributed by atoms with van der Waals surface area (Å²) in [5, 5.41) is 11.3. The van der Waals surface area contributed by atoms with Crippen LogP contribution in [0.2, 0.25) is 0 Å². The Balaban J connectivity index is 1.73. The molecule has 7 nitrogen and oxygen atoms in total. The van der Waals surface area contributed by atoms with Crippen LogP contribution in [0, 0.1) is 17.8 Å². The van der Waals surface area contributed by atoms with Crippen LogP contribution in [0.15, 0.2) is 79.4 Å². The number of imide groups is 1. The van der Waals surface area contributed by atoms with E-state index in [1.54, 1.807) is 20.1 Å². The lowest BCUT2D eigenvalue weighted by Gasteiger charge is -2.34. The molecule has 0 aliphatic carbocycles. The van der Waals surface area contributed by atoms with Gasteiger partial charge in [0.15, 0.2) is 0 Å². The van der Waals surface area contributed by atoms with Crippen LogP contribution in [0.1, 0.15) is 31.9 Å². The molecule has 7 heteroatoms. The molecule has 2 aromatic carbocycles. The predicted molar refractivity (Wildman–Crippen MR) is 147 cm³/mol. The number of aliphatic hydroxyl groups excluding tert-OH is 1. The van der Waals surface area contributed by atoms with Crippen LogP contribution in [0.4, 0.5) is 4.79 Å². The number of carbonyl (C=O) groups is 2. The summed E-state index contributed by atoms with van der Waals surface area (Å²) in [6.45, 7) is 9.73. The van der Waals surface area contributed by atoms with Gasteiger partial charge < -0.3 is 19.3 Å². The molecule has 0 spiro atoms. The van der Waals surface area contributed by atoms with Crippen LogP contribution >= 0.6 is 0 Å². The topological polar surface area (TPSA) is 85.3 Å². The van der Waals surface area contributed by atoms with Gasteiger partial charge in [-0.25, -0.2) is 9.69 Å². The maximum Gasteiger partial charge on any atom is 0.416 e. The smallest absolute Gasteiger partial charge is 0.416 e. The van der Waals surface area contributed by atoms with Crippen molar-refractivity contribution in [3.05, 3.63) is 90.5 Å². The molecule has 38 heavy (non-hydrogen) atoms. The van der Waals surface area contributed by atoms with E-state index in [1.165, 1.54) is 4.90 Å². The first-order chi connectivity index (χ1) is 18.3. The molecule has 6 atom stereocenters. The number of hydrogen-bond acceptors (Lipinski definition) is 6. The number of methoxy groups -OCH3 is 1. The molecule has 2 amide bonds. The molecule has 2 unspecified atom stereocenters. The number of allylic oxidation sites excluding steroid dienone is 2. The maximum atomic E-state index is 13.5. The Morgan fingerprint density at radius 1 is 1.13 bits per heavy atom. The third-order valence-corrected chi connectivity index (χ3v) is 7.14. The minimum atomic E-state index is -1.05. The Bertz CT molecular complexity index is 1080. The van der Waals surface area contributed by atoms with E-state index in [2.05, 4.69) is 6.58 Å². The van der Waals surface area contributed by atoms with Gasteiger partial charge in [-0.1, -0.05) is 88.0 Å². The van der Waals surface area contributed by atoms with Crippen molar-refractivity contribution in [2.24, 2.45) is 17.8 Å². The van der Waals surface area contributed by atoms with Crippen molar-refractivity contribution in [1.29, 1.82) is 0 Å². The van der Waals surface area contributed by atoms with E-state index in [9.17, 15) is 14.7 Å². The third-order valence-electron chi connectivity index (χ3n) is 7.14. The molecule has 204 valence electrons. The average molecular weight is 522 g/mol. The van der Waals surface area contributed by atoms with E-state index in [0.29, 0.717) is 13.0 Å². The van der Waals surface area contributed by atoms with Gasteiger partial charge in [-0.3, -0.25) is 4.79 Å². The molecule has 1 aliphatic heterocycles. The highest BCUT2D eigenvalue weighted by atomic mass is 16.6. The molecule has 1 saturated heterocycles. The van der Waals surface area contributed by atoms with Crippen molar-refractivity contribution in [2.45, 2.75) is 52.0 Å². The van der Waals surface area contributed by atoms with Crippen molar-refractivity contribution in [2.75, 3.05) is 13.7 Å². The monoisotopic (exact) mass is 521 g/mol. The average Bonchev–Trinajstić information content (AvgIpc) is 3.30. The first-order valence-electron chi connectivity index (χ1n) is 13.0. The second-order valence-corrected chi connectivity index (χ2v) is 9.87. The lowest BCUT2D eigenvalue weighted by molar-refractivity contribution is -0.140. The Morgan fingerprint density at radius 3 is 2.45 bits per heavy atom. The van der Waals surface area contributed by atoms with Crippen molar-refractivity contribution < 1.29 is 28.9 Å². The fourth-order valence-corrected chi connectivity index (χ4v) is 4.84. The number of hydrogen-bond donors (Lipinski definition) is 1. The number of cyclic esters (lactones) is 1. The standard InChI is InChI=1S/C31H39NO6/c1-6-7-11-21(2)29(37-19-25-14-16-27(36-5)17-15-25)22(3)28(33)23(4)30(34)32-26(20-38-31(32)35)18-24-12-9-8-10-13-24/h6-17,21-23,26,28-29,33H,1,18-20H2,2-5H3/t21?,22-,23+,26?,28-,29-/m0/s1. The highest BCUT2D eigenvalue weighted by molar-refractivity contribution is 5.95. The van der Waals surface area contributed by atoms with E-state index in [4.69, 9.17) is 14.2 Å². The zero-order valence-corrected chi connectivity index (χ0v) is 22.7. The molecule has 0 radical (unpaired) electrons. The van der Waals surface area contributed by atoms with E-state index in [1.807, 2.05) is 80.6 Å². The molecule has 1 N–H and O–H groups in total. The SMILES string of the molecule is C=CC=CC(C)[C@H](OCc1ccc(OC)cc1)[C@@H](C)[C@H](O)[C@@H](C)C(=O)N1C(=O)OCC1Cc1ccccc1. The van der Waals surface area contributed by atoms with Crippen molar-refractivity contribution >= 4 is 12.0 Å². The largest absolute Gasteiger partial charge is 0.497 e. The summed E-state index contributed by atoms with van der Waals surface area (Å²) in [7, 11) is 1.62. The van der Waals surface area contributed by atoms with Crippen molar-refractivity contribution in [3.8, 4) is 5.75 Å². The molecule has 3 rings (SSSR count). The Hall–Kier alpha value is -3.42. The fraction of sp³-hybridized carbons (Fsp3) is 0.419. The number of benzene rings is 2. The summed E-state index contributed by atoms with van der Waals surface area (Å²) in [6.07, 6.45) is 3.88. The van der Waals surface area contributed by atoms with Gasteiger partial charge in [0, 0.05) is 11.8 Å². The Labute approximate surface area is 225 Å². The van der Waals surface area contributed by atoms with Crippen LogP contribution in [-0.2, 0) is 27.3 Å². The molecule has 1 aliphatic rings. The van der Waals surface area contributed by atoms with Gasteiger partial charge in [-0.2, -0.15) is 0 Å². The van der Waals surface area contributed by atoms with Gasteiger partial charge in [0.1, 0.15) is 12.4 Å². The van der Waals surface area contributed by atoms with E-state index >= 15 is 0 Å². The highest BCUT2D eigenvalue weighted by Gasteiger charge is 2.43. The van der Waals surface area contributed by atoms with E-state index in [-0.39, 0.29) is 12.5 Å². The van der Waals surface area contributed by atoms with Crippen LogP contribution in [0.5, 0.6) is 5.75 Å². The zero-order chi connectivity index (χ0) is 27.7. The molecule has 1 fully saturated rings. The van der Waals surface area contributed by atoms with Gasteiger partial charge in [-0.05, 0) is 29.7 Å². The number of amides is 2. The zero-order valence-electron chi connectivity index (χ0n) is 22.7. The molecule has 1 heterocycles. The van der Waals surface area contributed by atoms with E-state index < -0.39 is 42.1 Å². The Morgan fingerprint density at radius 2 is 1.82 bits per heavy atom. The lowest BCUT2D eigenvalue weighted by atomic mass is 9.83. The molecule has 0 aromatic heterocycles. The summed E-state index contributed by atoms with van der Waals surface area (Å²) in [4.78, 5) is 27.2. The highest BCUT2D eigenvalue weighted by Crippen LogP contribution is 2.29. The minimum Gasteiger partial charge on any atom is -0.497 e. The number of ether oxygens (including phenoxy) is 3. The second-order valence-electron chi connectivity index (χ2n) is 9.87. The second kappa shape index (κ2) is 13.9. The molecule has 0 saturated carbocycles. The molecule has 2 aromatic rings. The number of aliphatic hydroxyl groups is 1. The van der Waals surface area contributed by atoms with Gasteiger partial charge >= 0.3 is 6.09 Å². The normalized spacial score (nSPS) is 19.4. The summed E-state index contributed by atoms with van der Waals surface area (Å²) in [5.41, 5.74) is 1.97. The molecular formula is C31H39NO6. The Kier molecular flexibility index (Phi) is 10.7. The fourth-order valence-electron chi connectivity index (χ4n) is 4.84. The van der Waals surface area contributed by atoms with Crippen molar-refractivity contribution in [1.82, 2.24) is 4.90 Å². The summed E-state index contributed by atoms with van der Waals surface area (Å²) >= 11 is 0. The number of rotatable bonds is 13. The van der Waals surface area contributed by atoms with Gasteiger partial charge in [0.05, 0.1) is 37.9 Å². The molecule has 0 bridgehead atoms.